The molecule has 0 aliphatic carbocycles. The van der Waals surface area contributed by atoms with E-state index in [0.29, 0.717) is 12.5 Å². The van der Waals surface area contributed by atoms with Crippen LogP contribution in [0.5, 0.6) is 0 Å². The SMILES string of the molecule is CN=C(NCCC(C)C)NCC(c1ccc(F)cc1)N1CCOCC1. The number of rotatable bonds is 7. The van der Waals surface area contributed by atoms with Gasteiger partial charge in [-0.3, -0.25) is 9.89 Å². The van der Waals surface area contributed by atoms with Gasteiger partial charge in [-0.25, -0.2) is 4.39 Å². The molecule has 1 aromatic carbocycles. The van der Waals surface area contributed by atoms with Crippen molar-refractivity contribution >= 4 is 5.96 Å². The zero-order valence-corrected chi connectivity index (χ0v) is 15.6. The summed E-state index contributed by atoms with van der Waals surface area (Å²) >= 11 is 0. The second kappa shape index (κ2) is 10.4. The Morgan fingerprint density at radius 3 is 2.48 bits per heavy atom. The van der Waals surface area contributed by atoms with E-state index in [1.165, 1.54) is 12.1 Å². The Labute approximate surface area is 150 Å². The highest BCUT2D eigenvalue weighted by molar-refractivity contribution is 5.79. The molecule has 0 amide bonds. The molecule has 6 heteroatoms. The third kappa shape index (κ3) is 6.63. The molecule has 1 aliphatic heterocycles. The van der Waals surface area contributed by atoms with Crippen LogP contribution in [0.4, 0.5) is 4.39 Å². The van der Waals surface area contributed by atoms with Crippen LogP contribution in [0.15, 0.2) is 29.3 Å². The van der Waals surface area contributed by atoms with Crippen LogP contribution in [0.3, 0.4) is 0 Å². The molecule has 0 saturated carbocycles. The summed E-state index contributed by atoms with van der Waals surface area (Å²) in [6.45, 7) is 9.26. The quantitative estimate of drug-likeness (QED) is 0.586. The van der Waals surface area contributed by atoms with Crippen LogP contribution in [0.25, 0.3) is 0 Å². The standard InChI is InChI=1S/C19H31FN4O/c1-15(2)8-9-22-19(21-3)23-14-18(24-10-12-25-13-11-24)16-4-6-17(20)7-5-16/h4-7,15,18H,8-14H2,1-3H3,(H2,21,22,23). The Hall–Kier alpha value is -1.66. The van der Waals surface area contributed by atoms with Crippen molar-refractivity contribution in [3.05, 3.63) is 35.6 Å². The molecule has 2 N–H and O–H groups in total. The lowest BCUT2D eigenvalue weighted by Crippen LogP contribution is -2.46. The van der Waals surface area contributed by atoms with Gasteiger partial charge < -0.3 is 15.4 Å². The van der Waals surface area contributed by atoms with Crippen LogP contribution in [0, 0.1) is 11.7 Å². The second-order valence-corrected chi connectivity index (χ2v) is 6.78. The average molecular weight is 350 g/mol. The topological polar surface area (TPSA) is 48.9 Å². The van der Waals surface area contributed by atoms with E-state index in [1.807, 2.05) is 12.1 Å². The molecular formula is C19H31FN4O. The van der Waals surface area contributed by atoms with Gasteiger partial charge in [0.15, 0.2) is 5.96 Å². The minimum absolute atomic E-state index is 0.160. The maximum Gasteiger partial charge on any atom is 0.191 e. The molecule has 0 radical (unpaired) electrons. The molecule has 1 fully saturated rings. The maximum atomic E-state index is 13.3. The minimum Gasteiger partial charge on any atom is -0.379 e. The van der Waals surface area contributed by atoms with Crippen molar-refractivity contribution < 1.29 is 9.13 Å². The van der Waals surface area contributed by atoms with Crippen molar-refractivity contribution in [1.82, 2.24) is 15.5 Å². The van der Waals surface area contributed by atoms with Crippen LogP contribution >= 0.6 is 0 Å². The van der Waals surface area contributed by atoms with Crippen LogP contribution in [0.2, 0.25) is 0 Å². The summed E-state index contributed by atoms with van der Waals surface area (Å²) in [5.74, 6) is 1.26. The molecule has 1 atom stereocenters. The highest BCUT2D eigenvalue weighted by atomic mass is 19.1. The van der Waals surface area contributed by atoms with Crippen molar-refractivity contribution in [2.24, 2.45) is 10.9 Å². The third-order valence-electron chi connectivity index (χ3n) is 4.44. The predicted molar refractivity (Wildman–Crippen MR) is 100 cm³/mol. The summed E-state index contributed by atoms with van der Waals surface area (Å²) in [5.41, 5.74) is 1.11. The van der Waals surface area contributed by atoms with Gasteiger partial charge in [-0.1, -0.05) is 26.0 Å². The van der Waals surface area contributed by atoms with Gasteiger partial charge >= 0.3 is 0 Å². The highest BCUT2D eigenvalue weighted by Crippen LogP contribution is 2.21. The lowest BCUT2D eigenvalue weighted by Gasteiger charge is -2.35. The molecule has 1 saturated heterocycles. The normalized spacial score (nSPS) is 17.6. The fourth-order valence-electron chi connectivity index (χ4n) is 2.93. The van der Waals surface area contributed by atoms with Crippen LogP contribution in [-0.4, -0.2) is 57.3 Å². The molecule has 5 nitrogen and oxygen atoms in total. The van der Waals surface area contributed by atoms with Crippen molar-refractivity contribution in [3.8, 4) is 0 Å². The zero-order valence-electron chi connectivity index (χ0n) is 15.6. The number of nitrogens with one attached hydrogen (secondary N) is 2. The monoisotopic (exact) mass is 350 g/mol. The lowest BCUT2D eigenvalue weighted by atomic mass is 10.0. The molecule has 1 unspecified atom stereocenters. The van der Waals surface area contributed by atoms with Gasteiger partial charge in [-0.05, 0) is 30.0 Å². The Morgan fingerprint density at radius 2 is 1.88 bits per heavy atom. The van der Waals surface area contributed by atoms with Gasteiger partial charge in [-0.15, -0.1) is 0 Å². The van der Waals surface area contributed by atoms with E-state index in [0.717, 1.165) is 50.8 Å². The van der Waals surface area contributed by atoms with Gasteiger partial charge in [0, 0.05) is 33.2 Å². The third-order valence-corrected chi connectivity index (χ3v) is 4.44. The van der Waals surface area contributed by atoms with Gasteiger partial charge in [0.25, 0.3) is 0 Å². The van der Waals surface area contributed by atoms with E-state index >= 15 is 0 Å². The zero-order chi connectivity index (χ0) is 18.1. The summed E-state index contributed by atoms with van der Waals surface area (Å²) < 4.78 is 18.8. The number of aliphatic imine (C=N–C) groups is 1. The van der Waals surface area contributed by atoms with E-state index in [9.17, 15) is 4.39 Å². The average Bonchev–Trinajstić information content (AvgIpc) is 2.62. The van der Waals surface area contributed by atoms with Gasteiger partial charge in [0.05, 0.1) is 19.3 Å². The van der Waals surface area contributed by atoms with Gasteiger partial charge in [-0.2, -0.15) is 0 Å². The van der Waals surface area contributed by atoms with Crippen LogP contribution < -0.4 is 10.6 Å². The Morgan fingerprint density at radius 1 is 1.20 bits per heavy atom. The first-order chi connectivity index (χ1) is 12.1. The number of nitrogens with zero attached hydrogens (tertiary/aromatic N) is 2. The first-order valence-corrected chi connectivity index (χ1v) is 9.12. The Kier molecular flexibility index (Phi) is 8.15. The van der Waals surface area contributed by atoms with Crippen molar-refractivity contribution in [2.45, 2.75) is 26.3 Å². The molecule has 140 valence electrons. The second-order valence-electron chi connectivity index (χ2n) is 6.78. The number of ether oxygens (including phenoxy) is 1. The highest BCUT2D eigenvalue weighted by Gasteiger charge is 2.23. The van der Waals surface area contributed by atoms with E-state index in [2.05, 4.69) is 34.4 Å². The van der Waals surface area contributed by atoms with Crippen LogP contribution in [0.1, 0.15) is 31.9 Å². The van der Waals surface area contributed by atoms with Crippen molar-refractivity contribution in [3.63, 3.8) is 0 Å². The number of benzene rings is 1. The van der Waals surface area contributed by atoms with E-state index in [-0.39, 0.29) is 11.9 Å². The summed E-state index contributed by atoms with van der Waals surface area (Å²) in [6.07, 6.45) is 1.10. The molecule has 1 heterocycles. The number of guanidine groups is 1. The van der Waals surface area contributed by atoms with Crippen molar-refractivity contribution in [2.75, 3.05) is 46.4 Å². The fraction of sp³-hybridized carbons (Fsp3) is 0.632. The minimum atomic E-state index is -0.205. The first-order valence-electron chi connectivity index (χ1n) is 9.12. The van der Waals surface area contributed by atoms with E-state index in [4.69, 9.17) is 4.74 Å². The fourth-order valence-corrected chi connectivity index (χ4v) is 2.93. The smallest absolute Gasteiger partial charge is 0.191 e. The number of hydrogen-bond donors (Lipinski definition) is 2. The first kappa shape index (κ1) is 19.7. The van der Waals surface area contributed by atoms with E-state index in [1.54, 1.807) is 7.05 Å². The van der Waals surface area contributed by atoms with Crippen molar-refractivity contribution in [1.29, 1.82) is 0 Å². The molecule has 1 aromatic rings. The Bertz CT molecular complexity index is 527. The molecule has 25 heavy (non-hydrogen) atoms. The molecule has 0 bridgehead atoms. The van der Waals surface area contributed by atoms with Crippen LogP contribution in [-0.2, 0) is 4.74 Å². The molecular weight excluding hydrogens is 319 g/mol. The van der Waals surface area contributed by atoms with Gasteiger partial charge in [0.1, 0.15) is 5.82 Å². The Balaban J connectivity index is 1.98. The number of halogens is 1. The summed E-state index contributed by atoms with van der Waals surface area (Å²) in [4.78, 5) is 6.68. The predicted octanol–water partition coefficient (Wildman–Crippen LogP) is 2.41. The number of hydrogen-bond acceptors (Lipinski definition) is 3. The summed E-state index contributed by atoms with van der Waals surface area (Å²) in [7, 11) is 1.78. The molecule has 0 aromatic heterocycles. The maximum absolute atomic E-state index is 13.3. The summed E-state index contributed by atoms with van der Waals surface area (Å²) in [6, 6.07) is 6.95. The lowest BCUT2D eigenvalue weighted by molar-refractivity contribution is 0.0170. The van der Waals surface area contributed by atoms with Gasteiger partial charge in [0.2, 0.25) is 0 Å². The molecule has 0 spiro atoms. The molecule has 1 aliphatic rings. The largest absolute Gasteiger partial charge is 0.379 e. The number of morpholine rings is 1. The van der Waals surface area contributed by atoms with E-state index < -0.39 is 0 Å². The molecule has 2 rings (SSSR count). The summed E-state index contributed by atoms with van der Waals surface area (Å²) in [5, 5.41) is 6.77.